The first kappa shape index (κ1) is 24.0. The van der Waals surface area contributed by atoms with Crippen molar-refractivity contribution in [1.29, 1.82) is 0 Å². The van der Waals surface area contributed by atoms with Crippen LogP contribution in [0.1, 0.15) is 33.9 Å². The highest BCUT2D eigenvalue weighted by atomic mass is 79.9. The van der Waals surface area contributed by atoms with Crippen LogP contribution in [-0.4, -0.2) is 32.2 Å². The topological polar surface area (TPSA) is 89.0 Å². The van der Waals surface area contributed by atoms with E-state index < -0.39 is 6.04 Å². The van der Waals surface area contributed by atoms with Crippen LogP contribution >= 0.6 is 15.9 Å². The maximum Gasteiger partial charge on any atom is 0.251 e. The highest BCUT2D eigenvalue weighted by Gasteiger charge is 2.19. The second-order valence-corrected chi connectivity index (χ2v) is 7.88. The van der Waals surface area contributed by atoms with Gasteiger partial charge in [-0.05, 0) is 45.8 Å². The van der Waals surface area contributed by atoms with Gasteiger partial charge in [0.15, 0.2) is 11.5 Å². The van der Waals surface area contributed by atoms with Crippen LogP contribution < -0.4 is 20.2 Å². The maximum absolute atomic E-state index is 12.7. The lowest BCUT2D eigenvalue weighted by atomic mass is 10.0. The molecule has 8 heteroatoms. The molecule has 0 saturated carbocycles. The van der Waals surface area contributed by atoms with Gasteiger partial charge in [-0.2, -0.15) is 5.10 Å². The van der Waals surface area contributed by atoms with E-state index in [1.807, 2.05) is 36.4 Å². The lowest BCUT2D eigenvalue weighted by molar-refractivity contribution is -0.121. The Balaban J connectivity index is 1.69. The number of carbonyl (C=O) groups is 2. The first-order valence-corrected chi connectivity index (χ1v) is 11.0. The average molecular weight is 510 g/mol. The number of carbonyl (C=O) groups excluding carboxylic acids is 2. The summed E-state index contributed by atoms with van der Waals surface area (Å²) in [5.41, 5.74) is 4.57. The molecule has 0 saturated heterocycles. The Kier molecular flexibility index (Phi) is 8.60. The number of hydrogen-bond acceptors (Lipinski definition) is 5. The fourth-order valence-corrected chi connectivity index (χ4v) is 3.57. The molecule has 0 heterocycles. The van der Waals surface area contributed by atoms with Crippen LogP contribution in [0, 0.1) is 0 Å². The van der Waals surface area contributed by atoms with E-state index in [0.717, 1.165) is 10.0 Å². The van der Waals surface area contributed by atoms with Crippen molar-refractivity contribution in [2.45, 2.75) is 12.5 Å². The molecule has 0 aliphatic rings. The van der Waals surface area contributed by atoms with E-state index in [4.69, 9.17) is 9.47 Å². The Bertz CT molecular complexity index is 1120. The van der Waals surface area contributed by atoms with Crippen molar-refractivity contribution in [3.63, 3.8) is 0 Å². The highest BCUT2D eigenvalue weighted by Crippen LogP contribution is 2.32. The SMILES string of the molecule is COc1cc(Br)c(/C=N\NC(=O)C[C@@H](NC(=O)c2ccccc2)c2ccccc2)cc1OC. The molecule has 7 nitrogen and oxygen atoms in total. The molecule has 0 fully saturated rings. The number of amides is 2. The minimum Gasteiger partial charge on any atom is -0.493 e. The molecule has 3 rings (SSSR count). The number of methoxy groups -OCH3 is 2. The first-order valence-electron chi connectivity index (χ1n) is 10.2. The van der Waals surface area contributed by atoms with Crippen molar-refractivity contribution >= 4 is 34.0 Å². The van der Waals surface area contributed by atoms with E-state index in [9.17, 15) is 9.59 Å². The lowest BCUT2D eigenvalue weighted by Crippen LogP contribution is -2.32. The molecule has 0 aromatic heterocycles. The molecule has 170 valence electrons. The monoisotopic (exact) mass is 509 g/mol. The van der Waals surface area contributed by atoms with Crippen molar-refractivity contribution in [1.82, 2.24) is 10.7 Å². The van der Waals surface area contributed by atoms with Gasteiger partial charge in [0.1, 0.15) is 0 Å². The molecule has 0 spiro atoms. The summed E-state index contributed by atoms with van der Waals surface area (Å²) in [4.78, 5) is 25.3. The summed E-state index contributed by atoms with van der Waals surface area (Å²) in [6, 6.07) is 21.2. The maximum atomic E-state index is 12.7. The van der Waals surface area contributed by atoms with Crippen LogP contribution in [0.5, 0.6) is 11.5 Å². The van der Waals surface area contributed by atoms with E-state index in [0.29, 0.717) is 22.6 Å². The lowest BCUT2D eigenvalue weighted by Gasteiger charge is -2.18. The van der Waals surface area contributed by atoms with Crippen LogP contribution in [-0.2, 0) is 4.79 Å². The molecule has 2 N–H and O–H groups in total. The van der Waals surface area contributed by atoms with Gasteiger partial charge in [-0.15, -0.1) is 0 Å². The fraction of sp³-hybridized carbons (Fsp3) is 0.160. The molecule has 0 aliphatic carbocycles. The van der Waals surface area contributed by atoms with E-state index in [1.54, 1.807) is 50.6 Å². The molecule has 33 heavy (non-hydrogen) atoms. The zero-order valence-corrected chi connectivity index (χ0v) is 19.8. The third kappa shape index (κ3) is 6.66. The average Bonchev–Trinajstić information content (AvgIpc) is 2.85. The molecule has 0 bridgehead atoms. The molecule has 3 aromatic carbocycles. The Morgan fingerprint density at radius 3 is 2.21 bits per heavy atom. The van der Waals surface area contributed by atoms with E-state index in [2.05, 4.69) is 31.8 Å². The summed E-state index contributed by atoms with van der Waals surface area (Å²) in [6.07, 6.45) is 1.52. The van der Waals surface area contributed by atoms with Crippen LogP contribution in [0.15, 0.2) is 82.4 Å². The molecule has 0 aliphatic heterocycles. The third-order valence-electron chi connectivity index (χ3n) is 4.83. The smallest absolute Gasteiger partial charge is 0.251 e. The first-order chi connectivity index (χ1) is 16.0. The van der Waals surface area contributed by atoms with Crippen LogP contribution in [0.25, 0.3) is 0 Å². The van der Waals surface area contributed by atoms with E-state index >= 15 is 0 Å². The van der Waals surface area contributed by atoms with Gasteiger partial charge in [0.2, 0.25) is 5.91 Å². The van der Waals surface area contributed by atoms with Gasteiger partial charge in [0.05, 0.1) is 32.9 Å². The fourth-order valence-electron chi connectivity index (χ4n) is 3.14. The van der Waals surface area contributed by atoms with Gasteiger partial charge >= 0.3 is 0 Å². The van der Waals surface area contributed by atoms with Crippen molar-refractivity contribution in [2.75, 3.05) is 14.2 Å². The summed E-state index contributed by atoms with van der Waals surface area (Å²) in [6.45, 7) is 0. The second-order valence-electron chi connectivity index (χ2n) is 7.03. The summed E-state index contributed by atoms with van der Waals surface area (Å²) in [5.74, 6) is 0.520. The summed E-state index contributed by atoms with van der Waals surface area (Å²) in [7, 11) is 3.10. The molecule has 2 amide bonds. The number of hydrogen-bond donors (Lipinski definition) is 2. The molecule has 0 radical (unpaired) electrons. The highest BCUT2D eigenvalue weighted by molar-refractivity contribution is 9.10. The van der Waals surface area contributed by atoms with Gasteiger partial charge in [0, 0.05) is 15.6 Å². The van der Waals surface area contributed by atoms with Gasteiger partial charge in [-0.3, -0.25) is 9.59 Å². The third-order valence-corrected chi connectivity index (χ3v) is 5.52. The normalized spacial score (nSPS) is 11.6. The van der Waals surface area contributed by atoms with Crippen molar-refractivity contribution < 1.29 is 19.1 Å². The van der Waals surface area contributed by atoms with Crippen LogP contribution in [0.4, 0.5) is 0 Å². The Morgan fingerprint density at radius 2 is 1.58 bits per heavy atom. The van der Waals surface area contributed by atoms with Crippen molar-refractivity contribution in [2.24, 2.45) is 5.10 Å². The number of ether oxygens (including phenoxy) is 2. The zero-order chi connectivity index (χ0) is 23.6. The Hall–Kier alpha value is -3.65. The van der Waals surface area contributed by atoms with E-state index in [1.165, 1.54) is 6.21 Å². The van der Waals surface area contributed by atoms with Gasteiger partial charge in [-0.1, -0.05) is 48.5 Å². The zero-order valence-electron chi connectivity index (χ0n) is 18.2. The van der Waals surface area contributed by atoms with Crippen LogP contribution in [0.2, 0.25) is 0 Å². The number of nitrogens with one attached hydrogen (secondary N) is 2. The molecule has 1 atom stereocenters. The van der Waals surface area contributed by atoms with Gasteiger partial charge in [-0.25, -0.2) is 5.43 Å². The number of hydrazone groups is 1. The Morgan fingerprint density at radius 1 is 0.970 bits per heavy atom. The molecular formula is C25H24BrN3O4. The molecule has 0 unspecified atom stereocenters. The quantitative estimate of drug-likeness (QED) is 0.328. The Labute approximate surface area is 200 Å². The van der Waals surface area contributed by atoms with E-state index in [-0.39, 0.29) is 18.2 Å². The predicted octanol–water partition coefficient (Wildman–Crippen LogP) is 4.48. The minimum absolute atomic E-state index is 0.0209. The van der Waals surface area contributed by atoms with Crippen molar-refractivity contribution in [3.8, 4) is 11.5 Å². The second kappa shape index (κ2) is 11.8. The number of halogens is 1. The summed E-state index contributed by atoms with van der Waals surface area (Å²) >= 11 is 3.45. The van der Waals surface area contributed by atoms with Crippen LogP contribution in [0.3, 0.4) is 0 Å². The van der Waals surface area contributed by atoms with Gasteiger partial charge < -0.3 is 14.8 Å². The number of benzene rings is 3. The molecule has 3 aromatic rings. The summed E-state index contributed by atoms with van der Waals surface area (Å²) < 4.78 is 11.3. The molecular weight excluding hydrogens is 486 g/mol. The number of rotatable bonds is 9. The standard InChI is InChI=1S/C25H24BrN3O4/c1-32-22-13-19(20(26)14-23(22)33-2)16-27-29-24(30)15-21(17-9-5-3-6-10-17)28-25(31)18-11-7-4-8-12-18/h3-14,16,21H,15H2,1-2H3,(H,28,31)(H,29,30)/b27-16-/t21-/m1/s1. The van der Waals surface area contributed by atoms with Crippen molar-refractivity contribution in [3.05, 3.63) is 94.0 Å². The largest absolute Gasteiger partial charge is 0.493 e. The minimum atomic E-state index is -0.512. The predicted molar refractivity (Wildman–Crippen MR) is 131 cm³/mol. The number of nitrogens with zero attached hydrogens (tertiary/aromatic N) is 1. The summed E-state index contributed by atoms with van der Waals surface area (Å²) in [5, 5.41) is 6.99. The van der Waals surface area contributed by atoms with Gasteiger partial charge in [0.25, 0.3) is 5.91 Å².